The fraction of sp³-hybridized carbons (Fsp3) is 0.652. The molecule has 6 heteroatoms. The Balaban J connectivity index is 1.20. The molecule has 3 aliphatic rings. The number of nitrogens with zero attached hydrogens (tertiary/aromatic N) is 2. The highest BCUT2D eigenvalue weighted by atomic mass is 16.2. The Labute approximate surface area is 174 Å². The van der Waals surface area contributed by atoms with E-state index in [1.807, 2.05) is 34.1 Å². The standard InChI is InChI=1S/C23H34N4O2/c28-22(19-11-15-27(16-12-19)23(29)26-13-3-4-14-26)25-21-9-7-20(8-10-21)24-17-18-5-1-2-6-18/h7-10,18-19,24H,1-6,11-17H2,(H,25,28). The van der Waals surface area contributed by atoms with E-state index < -0.39 is 0 Å². The number of anilines is 2. The first-order valence-electron chi connectivity index (χ1n) is 11.4. The third-order valence-corrected chi connectivity index (χ3v) is 6.73. The van der Waals surface area contributed by atoms with Crippen LogP contribution in [0.15, 0.2) is 24.3 Å². The summed E-state index contributed by atoms with van der Waals surface area (Å²) in [5.74, 6) is 0.861. The Morgan fingerprint density at radius 2 is 1.38 bits per heavy atom. The third kappa shape index (κ3) is 5.22. The summed E-state index contributed by atoms with van der Waals surface area (Å²) in [5, 5.41) is 6.57. The maximum atomic E-state index is 12.6. The highest BCUT2D eigenvalue weighted by Gasteiger charge is 2.30. The van der Waals surface area contributed by atoms with E-state index in [4.69, 9.17) is 0 Å². The average molecular weight is 399 g/mol. The molecular weight excluding hydrogens is 364 g/mol. The Hall–Kier alpha value is -2.24. The van der Waals surface area contributed by atoms with Gasteiger partial charge in [-0.05, 0) is 68.7 Å². The summed E-state index contributed by atoms with van der Waals surface area (Å²) in [6.07, 6.45) is 9.11. The van der Waals surface area contributed by atoms with Gasteiger partial charge in [0.2, 0.25) is 5.91 Å². The fourth-order valence-corrected chi connectivity index (χ4v) is 4.83. The SMILES string of the molecule is O=C(Nc1ccc(NCC2CCCC2)cc1)C1CCN(C(=O)N2CCCC2)CC1. The van der Waals surface area contributed by atoms with Crippen molar-refractivity contribution in [2.45, 2.75) is 51.4 Å². The van der Waals surface area contributed by atoms with Crippen LogP contribution in [-0.4, -0.2) is 54.5 Å². The number of rotatable bonds is 5. The second kappa shape index (κ2) is 9.51. The predicted octanol–water partition coefficient (Wildman–Crippen LogP) is 4.16. The maximum absolute atomic E-state index is 12.6. The van der Waals surface area contributed by atoms with Gasteiger partial charge >= 0.3 is 6.03 Å². The highest BCUT2D eigenvalue weighted by molar-refractivity contribution is 5.93. The number of carbonyl (C=O) groups is 2. The molecule has 0 spiro atoms. The van der Waals surface area contributed by atoms with E-state index in [1.54, 1.807) is 0 Å². The number of amides is 3. The van der Waals surface area contributed by atoms with E-state index in [9.17, 15) is 9.59 Å². The number of piperidine rings is 1. The molecule has 1 saturated carbocycles. The van der Waals surface area contributed by atoms with Crippen molar-refractivity contribution in [2.24, 2.45) is 11.8 Å². The second-order valence-corrected chi connectivity index (χ2v) is 8.84. The van der Waals surface area contributed by atoms with Crippen LogP contribution in [0.1, 0.15) is 51.4 Å². The number of benzene rings is 1. The molecule has 1 aromatic carbocycles. The monoisotopic (exact) mass is 398 g/mol. The number of hydrogen-bond donors (Lipinski definition) is 2. The first kappa shape index (κ1) is 20.0. The zero-order valence-electron chi connectivity index (χ0n) is 17.4. The van der Waals surface area contributed by atoms with Crippen LogP contribution < -0.4 is 10.6 Å². The van der Waals surface area contributed by atoms with E-state index in [0.29, 0.717) is 13.1 Å². The molecule has 0 bridgehead atoms. The molecule has 6 nitrogen and oxygen atoms in total. The van der Waals surface area contributed by atoms with Crippen LogP contribution in [0.4, 0.5) is 16.2 Å². The number of hydrogen-bond acceptors (Lipinski definition) is 3. The molecule has 3 fully saturated rings. The van der Waals surface area contributed by atoms with Gasteiger partial charge in [0.05, 0.1) is 0 Å². The summed E-state index contributed by atoms with van der Waals surface area (Å²) in [5.41, 5.74) is 1.96. The summed E-state index contributed by atoms with van der Waals surface area (Å²) in [6.45, 7) is 4.16. The van der Waals surface area contributed by atoms with Crippen LogP contribution >= 0.6 is 0 Å². The molecule has 0 radical (unpaired) electrons. The molecule has 2 heterocycles. The summed E-state index contributed by atoms with van der Waals surface area (Å²) in [4.78, 5) is 29.0. The third-order valence-electron chi connectivity index (χ3n) is 6.73. The van der Waals surface area contributed by atoms with Gasteiger partial charge in [0.25, 0.3) is 0 Å². The quantitative estimate of drug-likeness (QED) is 0.783. The molecule has 0 aromatic heterocycles. The second-order valence-electron chi connectivity index (χ2n) is 8.84. The van der Waals surface area contributed by atoms with E-state index in [0.717, 1.165) is 62.6 Å². The minimum Gasteiger partial charge on any atom is -0.385 e. The van der Waals surface area contributed by atoms with Gasteiger partial charge in [-0.2, -0.15) is 0 Å². The molecule has 3 amide bonds. The van der Waals surface area contributed by atoms with Crippen molar-refractivity contribution in [1.29, 1.82) is 0 Å². The number of nitrogens with one attached hydrogen (secondary N) is 2. The molecule has 1 aliphatic carbocycles. The van der Waals surface area contributed by atoms with E-state index in [-0.39, 0.29) is 17.9 Å². The van der Waals surface area contributed by atoms with Crippen LogP contribution in [0.2, 0.25) is 0 Å². The van der Waals surface area contributed by atoms with E-state index in [1.165, 1.54) is 25.7 Å². The van der Waals surface area contributed by atoms with Crippen LogP contribution in [0, 0.1) is 11.8 Å². The number of carbonyl (C=O) groups excluding carboxylic acids is 2. The van der Waals surface area contributed by atoms with E-state index in [2.05, 4.69) is 10.6 Å². The Kier molecular flexibility index (Phi) is 6.57. The van der Waals surface area contributed by atoms with Crippen LogP contribution in [0.3, 0.4) is 0 Å². The lowest BCUT2D eigenvalue weighted by Crippen LogP contribution is -2.47. The topological polar surface area (TPSA) is 64.7 Å². The van der Waals surface area contributed by atoms with Crippen LogP contribution in [-0.2, 0) is 4.79 Å². The lowest BCUT2D eigenvalue weighted by Gasteiger charge is -2.34. The van der Waals surface area contributed by atoms with Crippen molar-refractivity contribution >= 4 is 23.3 Å². The molecular formula is C23H34N4O2. The highest BCUT2D eigenvalue weighted by Crippen LogP contribution is 2.26. The molecule has 2 N–H and O–H groups in total. The molecule has 0 unspecified atom stereocenters. The van der Waals surface area contributed by atoms with Gasteiger partial charge in [-0.25, -0.2) is 4.79 Å². The molecule has 2 saturated heterocycles. The molecule has 4 rings (SSSR count). The van der Waals surface area contributed by atoms with Gasteiger partial charge in [0, 0.05) is 50.0 Å². The van der Waals surface area contributed by atoms with Crippen LogP contribution in [0.25, 0.3) is 0 Å². The minimum absolute atomic E-state index is 0.0159. The van der Waals surface area contributed by atoms with Crippen molar-refractivity contribution in [3.8, 4) is 0 Å². The van der Waals surface area contributed by atoms with Gasteiger partial charge < -0.3 is 20.4 Å². The first-order chi connectivity index (χ1) is 14.2. The van der Waals surface area contributed by atoms with Gasteiger partial charge in [0.1, 0.15) is 0 Å². The Morgan fingerprint density at radius 1 is 0.793 bits per heavy atom. The van der Waals surface area contributed by atoms with Gasteiger partial charge in [-0.3, -0.25) is 4.79 Å². The molecule has 1 aromatic rings. The predicted molar refractivity (Wildman–Crippen MR) is 116 cm³/mol. The molecule has 29 heavy (non-hydrogen) atoms. The summed E-state index contributed by atoms with van der Waals surface area (Å²) < 4.78 is 0. The van der Waals surface area contributed by atoms with Crippen LogP contribution in [0.5, 0.6) is 0 Å². The van der Waals surface area contributed by atoms with Gasteiger partial charge in [-0.15, -0.1) is 0 Å². The molecule has 0 atom stereocenters. The molecule has 158 valence electrons. The lowest BCUT2D eigenvalue weighted by molar-refractivity contribution is -0.121. The first-order valence-corrected chi connectivity index (χ1v) is 11.4. The number of urea groups is 1. The van der Waals surface area contributed by atoms with Crippen molar-refractivity contribution < 1.29 is 9.59 Å². The maximum Gasteiger partial charge on any atom is 0.319 e. The minimum atomic E-state index is -0.0159. The summed E-state index contributed by atoms with van der Waals surface area (Å²) in [7, 11) is 0. The summed E-state index contributed by atoms with van der Waals surface area (Å²) in [6, 6.07) is 8.19. The zero-order valence-corrected chi connectivity index (χ0v) is 17.4. The van der Waals surface area contributed by atoms with Crippen molar-refractivity contribution in [2.75, 3.05) is 43.4 Å². The van der Waals surface area contributed by atoms with Gasteiger partial charge in [0.15, 0.2) is 0 Å². The largest absolute Gasteiger partial charge is 0.385 e. The Bertz CT molecular complexity index is 685. The fourth-order valence-electron chi connectivity index (χ4n) is 4.83. The zero-order chi connectivity index (χ0) is 20.1. The smallest absolute Gasteiger partial charge is 0.319 e. The number of likely N-dealkylation sites (tertiary alicyclic amines) is 2. The average Bonchev–Trinajstić information content (AvgIpc) is 3.47. The normalized spacial score (nSPS) is 20.8. The molecule has 2 aliphatic heterocycles. The summed E-state index contributed by atoms with van der Waals surface area (Å²) >= 11 is 0. The Morgan fingerprint density at radius 3 is 2.03 bits per heavy atom. The van der Waals surface area contributed by atoms with E-state index >= 15 is 0 Å². The van der Waals surface area contributed by atoms with Crippen molar-refractivity contribution in [3.63, 3.8) is 0 Å². The van der Waals surface area contributed by atoms with Crippen molar-refractivity contribution in [3.05, 3.63) is 24.3 Å². The van der Waals surface area contributed by atoms with Crippen molar-refractivity contribution in [1.82, 2.24) is 9.80 Å². The van der Waals surface area contributed by atoms with Gasteiger partial charge in [-0.1, -0.05) is 12.8 Å². The lowest BCUT2D eigenvalue weighted by atomic mass is 9.96.